The number of amides is 1. The van der Waals surface area contributed by atoms with Crippen LogP contribution in [0.25, 0.3) is 0 Å². The molecule has 1 saturated heterocycles. The molecule has 0 bridgehead atoms. The highest BCUT2D eigenvalue weighted by atomic mass is 16.3. The maximum Gasteiger partial charge on any atom is 0.226 e. The zero-order valence-electron chi connectivity index (χ0n) is 13.8. The van der Waals surface area contributed by atoms with Crippen molar-refractivity contribution < 1.29 is 9.90 Å². The van der Waals surface area contributed by atoms with Crippen LogP contribution in [0.15, 0.2) is 30.3 Å². The Hall–Kier alpha value is -1.39. The number of aliphatic hydroxyl groups excluding tert-OH is 1. The predicted molar refractivity (Wildman–Crippen MR) is 88.4 cm³/mol. The zero-order chi connectivity index (χ0) is 16.2. The number of hydrogen-bond donors (Lipinski definition) is 3. The molecule has 2 rings (SSSR count). The summed E-state index contributed by atoms with van der Waals surface area (Å²) in [6, 6.07) is 10.0. The molecule has 4 heteroatoms. The quantitative estimate of drug-likeness (QED) is 0.756. The van der Waals surface area contributed by atoms with Gasteiger partial charge in [-0.05, 0) is 38.3 Å². The second kappa shape index (κ2) is 7.25. The highest BCUT2D eigenvalue weighted by Crippen LogP contribution is 2.27. The minimum atomic E-state index is -0.591. The first-order valence-corrected chi connectivity index (χ1v) is 8.17. The van der Waals surface area contributed by atoms with Crippen molar-refractivity contribution in [3.05, 3.63) is 35.9 Å². The van der Waals surface area contributed by atoms with Crippen LogP contribution < -0.4 is 10.6 Å². The molecule has 0 aliphatic carbocycles. The molecule has 0 radical (unpaired) electrons. The number of benzene rings is 1. The van der Waals surface area contributed by atoms with E-state index >= 15 is 0 Å². The Morgan fingerprint density at radius 1 is 1.41 bits per heavy atom. The largest absolute Gasteiger partial charge is 0.391 e. The van der Waals surface area contributed by atoms with E-state index in [0.717, 1.165) is 24.9 Å². The lowest BCUT2D eigenvalue weighted by atomic mass is 9.83. The normalized spacial score (nSPS) is 21.4. The number of nitrogens with one attached hydrogen (secondary N) is 2. The van der Waals surface area contributed by atoms with Crippen molar-refractivity contribution in [1.82, 2.24) is 10.6 Å². The van der Waals surface area contributed by atoms with E-state index in [1.807, 2.05) is 51.1 Å². The lowest BCUT2D eigenvalue weighted by Gasteiger charge is -2.30. The molecule has 1 amide bonds. The van der Waals surface area contributed by atoms with Crippen LogP contribution in [0.4, 0.5) is 0 Å². The Balaban J connectivity index is 1.92. The Morgan fingerprint density at radius 2 is 2.09 bits per heavy atom. The average Bonchev–Trinajstić information content (AvgIpc) is 3.02. The number of rotatable bonds is 6. The summed E-state index contributed by atoms with van der Waals surface area (Å²) in [5.74, 6) is -0.0131. The second-order valence-electron chi connectivity index (χ2n) is 6.96. The van der Waals surface area contributed by atoms with Crippen molar-refractivity contribution in [3.8, 4) is 0 Å². The van der Waals surface area contributed by atoms with Crippen molar-refractivity contribution in [2.75, 3.05) is 6.54 Å². The standard InChI is InChI=1S/C18H28N2O2/c1-13(14-8-5-4-6-9-14)20-17(22)18(2,3)12-16(21)15-10-7-11-19-15/h4-6,8-9,13,15-16,19,21H,7,10-12H2,1-3H3,(H,20,22)/t13-,15+,16-/m1/s1. The SMILES string of the molecule is C[C@@H](NC(=O)C(C)(C)C[C@@H](O)[C@@H]1CCCN1)c1ccccc1. The van der Waals surface area contributed by atoms with Crippen LogP contribution in [0, 0.1) is 5.41 Å². The van der Waals surface area contributed by atoms with Gasteiger partial charge in [0.05, 0.1) is 12.1 Å². The molecule has 1 aromatic carbocycles. The first-order chi connectivity index (χ1) is 10.4. The van der Waals surface area contributed by atoms with Crippen molar-refractivity contribution in [2.45, 2.75) is 58.2 Å². The maximum atomic E-state index is 12.6. The minimum Gasteiger partial charge on any atom is -0.391 e. The molecular formula is C18H28N2O2. The van der Waals surface area contributed by atoms with E-state index in [0.29, 0.717) is 6.42 Å². The molecule has 0 saturated carbocycles. The molecule has 0 unspecified atom stereocenters. The van der Waals surface area contributed by atoms with Gasteiger partial charge in [0.25, 0.3) is 0 Å². The van der Waals surface area contributed by atoms with E-state index in [2.05, 4.69) is 10.6 Å². The van der Waals surface area contributed by atoms with Crippen molar-refractivity contribution >= 4 is 5.91 Å². The molecule has 1 aromatic rings. The summed E-state index contributed by atoms with van der Waals surface area (Å²) in [5.41, 5.74) is 0.497. The smallest absolute Gasteiger partial charge is 0.226 e. The highest BCUT2D eigenvalue weighted by molar-refractivity contribution is 5.82. The topological polar surface area (TPSA) is 61.4 Å². The van der Waals surface area contributed by atoms with Crippen LogP contribution in [0.2, 0.25) is 0 Å². The fourth-order valence-corrected chi connectivity index (χ4v) is 3.01. The molecule has 1 heterocycles. The van der Waals surface area contributed by atoms with Gasteiger partial charge in [0, 0.05) is 11.5 Å². The van der Waals surface area contributed by atoms with Crippen LogP contribution in [0.1, 0.15) is 51.6 Å². The van der Waals surface area contributed by atoms with Gasteiger partial charge in [-0.25, -0.2) is 0 Å². The van der Waals surface area contributed by atoms with Crippen LogP contribution >= 0.6 is 0 Å². The van der Waals surface area contributed by atoms with Crippen LogP contribution in [-0.4, -0.2) is 29.7 Å². The number of hydrogen-bond acceptors (Lipinski definition) is 3. The van der Waals surface area contributed by atoms with E-state index < -0.39 is 11.5 Å². The molecule has 3 atom stereocenters. The number of aliphatic hydroxyl groups is 1. The summed E-state index contributed by atoms with van der Waals surface area (Å²) >= 11 is 0. The van der Waals surface area contributed by atoms with E-state index in [4.69, 9.17) is 0 Å². The summed E-state index contributed by atoms with van der Waals surface area (Å²) in [7, 11) is 0. The van der Waals surface area contributed by atoms with Crippen molar-refractivity contribution in [3.63, 3.8) is 0 Å². The van der Waals surface area contributed by atoms with E-state index in [9.17, 15) is 9.90 Å². The van der Waals surface area contributed by atoms with E-state index in [-0.39, 0.29) is 18.0 Å². The number of carbonyl (C=O) groups excluding carboxylic acids is 1. The lowest BCUT2D eigenvalue weighted by molar-refractivity contribution is -0.131. The Morgan fingerprint density at radius 3 is 2.68 bits per heavy atom. The molecule has 1 fully saturated rings. The summed E-state index contributed by atoms with van der Waals surface area (Å²) in [6.07, 6.45) is 2.08. The molecule has 3 N–H and O–H groups in total. The van der Waals surface area contributed by atoms with Gasteiger partial charge in [-0.3, -0.25) is 4.79 Å². The zero-order valence-corrected chi connectivity index (χ0v) is 13.8. The monoisotopic (exact) mass is 304 g/mol. The van der Waals surface area contributed by atoms with Crippen molar-refractivity contribution in [2.24, 2.45) is 5.41 Å². The summed E-state index contributed by atoms with van der Waals surface area (Å²) in [6.45, 7) is 6.74. The van der Waals surface area contributed by atoms with Gasteiger partial charge >= 0.3 is 0 Å². The Labute approximate surface area is 133 Å². The molecule has 1 aliphatic rings. The van der Waals surface area contributed by atoms with E-state index in [1.165, 1.54) is 0 Å². The third-order valence-electron chi connectivity index (χ3n) is 4.54. The molecule has 0 spiro atoms. The third-order valence-corrected chi connectivity index (χ3v) is 4.54. The van der Waals surface area contributed by atoms with Gasteiger partial charge in [0.2, 0.25) is 5.91 Å². The molecule has 0 aromatic heterocycles. The first kappa shape index (κ1) is 17.0. The predicted octanol–water partition coefficient (Wildman–Crippen LogP) is 2.39. The molecule has 1 aliphatic heterocycles. The fraction of sp³-hybridized carbons (Fsp3) is 0.611. The minimum absolute atomic E-state index is 0.0131. The van der Waals surface area contributed by atoms with Gasteiger partial charge in [0.1, 0.15) is 0 Å². The Kier molecular flexibility index (Phi) is 5.59. The van der Waals surface area contributed by atoms with Crippen molar-refractivity contribution in [1.29, 1.82) is 0 Å². The summed E-state index contributed by atoms with van der Waals surface area (Å²) < 4.78 is 0. The average molecular weight is 304 g/mol. The number of carbonyl (C=O) groups is 1. The molecule has 4 nitrogen and oxygen atoms in total. The third kappa shape index (κ3) is 4.31. The maximum absolute atomic E-state index is 12.6. The fourth-order valence-electron chi connectivity index (χ4n) is 3.01. The van der Waals surface area contributed by atoms with Crippen LogP contribution in [-0.2, 0) is 4.79 Å². The van der Waals surface area contributed by atoms with Gasteiger partial charge < -0.3 is 15.7 Å². The van der Waals surface area contributed by atoms with Crippen LogP contribution in [0.3, 0.4) is 0 Å². The molecule has 122 valence electrons. The van der Waals surface area contributed by atoms with Gasteiger partial charge in [-0.15, -0.1) is 0 Å². The van der Waals surface area contributed by atoms with Gasteiger partial charge in [-0.1, -0.05) is 44.2 Å². The highest BCUT2D eigenvalue weighted by Gasteiger charge is 2.34. The first-order valence-electron chi connectivity index (χ1n) is 8.17. The Bertz CT molecular complexity index is 481. The molecule has 22 heavy (non-hydrogen) atoms. The van der Waals surface area contributed by atoms with E-state index in [1.54, 1.807) is 0 Å². The lowest BCUT2D eigenvalue weighted by Crippen LogP contribution is -2.44. The van der Waals surface area contributed by atoms with Gasteiger partial charge in [-0.2, -0.15) is 0 Å². The summed E-state index contributed by atoms with van der Waals surface area (Å²) in [4.78, 5) is 12.6. The molecular weight excluding hydrogens is 276 g/mol. The van der Waals surface area contributed by atoms with Crippen LogP contribution in [0.5, 0.6) is 0 Å². The van der Waals surface area contributed by atoms with Gasteiger partial charge in [0.15, 0.2) is 0 Å². The summed E-state index contributed by atoms with van der Waals surface area (Å²) in [5, 5.41) is 16.7. The second-order valence-corrected chi connectivity index (χ2v) is 6.96.